The van der Waals surface area contributed by atoms with Crippen LogP contribution in [0.25, 0.3) is 0 Å². The van der Waals surface area contributed by atoms with Crippen molar-refractivity contribution in [2.75, 3.05) is 13.1 Å². The molecule has 0 saturated carbocycles. The fraction of sp³-hybridized carbons (Fsp3) is 0.364. The Morgan fingerprint density at radius 1 is 1.07 bits per heavy atom. The smallest absolute Gasteiger partial charge is 0.330 e. The molecule has 6 nitrogen and oxygen atoms in total. The summed E-state index contributed by atoms with van der Waals surface area (Å²) in [7, 11) is 0. The molecule has 0 unspecified atom stereocenters. The van der Waals surface area contributed by atoms with Gasteiger partial charge in [-0.15, -0.1) is 0 Å². The Kier molecular flexibility index (Phi) is 6.44. The van der Waals surface area contributed by atoms with Crippen LogP contribution in [0.3, 0.4) is 0 Å². The van der Waals surface area contributed by atoms with Crippen LogP contribution in [-0.2, 0) is 16.1 Å². The van der Waals surface area contributed by atoms with E-state index in [0.29, 0.717) is 11.1 Å². The summed E-state index contributed by atoms with van der Waals surface area (Å²) in [5.74, 6) is -1.50. The van der Waals surface area contributed by atoms with Crippen molar-refractivity contribution in [2.45, 2.75) is 38.6 Å². The van der Waals surface area contributed by atoms with Crippen LogP contribution in [0.1, 0.15) is 41.4 Å². The third kappa shape index (κ3) is 5.18. The number of hydrogen-bond donors (Lipinski definition) is 2. The summed E-state index contributed by atoms with van der Waals surface area (Å²) in [6, 6.07) is 14.9. The zero-order valence-corrected chi connectivity index (χ0v) is 16.2. The molecule has 1 saturated heterocycles. The van der Waals surface area contributed by atoms with Crippen molar-refractivity contribution in [3.63, 3.8) is 0 Å². The summed E-state index contributed by atoms with van der Waals surface area (Å²) in [6.07, 6.45) is 0.416. The minimum atomic E-state index is -1.09. The molecular weight excluding hydrogens is 356 g/mol. The molecule has 0 bridgehead atoms. The Labute approximate surface area is 165 Å². The first-order chi connectivity index (χ1) is 13.4. The summed E-state index contributed by atoms with van der Waals surface area (Å²) in [4.78, 5) is 26.4. The van der Waals surface area contributed by atoms with Crippen LogP contribution >= 0.6 is 0 Å². The molecule has 28 heavy (non-hydrogen) atoms. The van der Waals surface area contributed by atoms with Gasteiger partial charge in [-0.1, -0.05) is 42.5 Å². The van der Waals surface area contributed by atoms with Gasteiger partial charge < -0.3 is 15.2 Å². The number of carboxylic acid groups (broad SMARTS) is 1. The average molecular weight is 382 g/mol. The Bertz CT molecular complexity index is 797. The minimum Gasteiger partial charge on any atom is -0.479 e. The third-order valence-corrected chi connectivity index (χ3v) is 4.77. The summed E-state index contributed by atoms with van der Waals surface area (Å²) < 4.78 is 5.75. The predicted octanol–water partition coefficient (Wildman–Crippen LogP) is 2.85. The van der Waals surface area contributed by atoms with Crippen molar-refractivity contribution in [3.05, 3.63) is 71.3 Å². The second-order valence-electron chi connectivity index (χ2n) is 7.30. The largest absolute Gasteiger partial charge is 0.479 e. The number of amides is 1. The SMILES string of the molecule is C[C@@H]1CN(Cc2ccc(C(=O)N[C@@H](C(=O)O)c3ccccc3)cc2)C[C@@H](C)O1. The molecule has 2 N–H and O–H groups in total. The molecule has 148 valence electrons. The number of nitrogens with zero attached hydrogens (tertiary/aromatic N) is 1. The second-order valence-corrected chi connectivity index (χ2v) is 7.30. The van der Waals surface area contributed by atoms with Gasteiger partial charge >= 0.3 is 5.97 Å². The fourth-order valence-electron chi connectivity index (χ4n) is 3.58. The van der Waals surface area contributed by atoms with Crippen LogP contribution in [0.2, 0.25) is 0 Å². The van der Waals surface area contributed by atoms with Crippen LogP contribution in [0, 0.1) is 0 Å². The molecule has 1 aliphatic heterocycles. The van der Waals surface area contributed by atoms with E-state index in [9.17, 15) is 14.7 Å². The number of nitrogens with one attached hydrogen (secondary N) is 1. The number of carbonyl (C=O) groups is 2. The topological polar surface area (TPSA) is 78.9 Å². The number of ether oxygens (including phenoxy) is 1. The maximum Gasteiger partial charge on any atom is 0.330 e. The number of morpholine rings is 1. The third-order valence-electron chi connectivity index (χ3n) is 4.77. The molecule has 0 aromatic heterocycles. The first kappa shape index (κ1) is 20.0. The van der Waals surface area contributed by atoms with Crippen LogP contribution in [0.4, 0.5) is 0 Å². The Balaban J connectivity index is 1.64. The number of hydrogen-bond acceptors (Lipinski definition) is 4. The zero-order chi connectivity index (χ0) is 20.1. The highest BCUT2D eigenvalue weighted by molar-refractivity contribution is 5.96. The van der Waals surface area contributed by atoms with Crippen molar-refractivity contribution >= 4 is 11.9 Å². The van der Waals surface area contributed by atoms with Gasteiger partial charge in [0.1, 0.15) is 0 Å². The van der Waals surface area contributed by atoms with Gasteiger partial charge in [-0.25, -0.2) is 4.79 Å². The van der Waals surface area contributed by atoms with Gasteiger partial charge in [0.15, 0.2) is 6.04 Å². The predicted molar refractivity (Wildman–Crippen MR) is 106 cm³/mol. The molecular formula is C22H26N2O4. The molecule has 1 heterocycles. The number of rotatable bonds is 6. The van der Waals surface area contributed by atoms with Gasteiger partial charge in [0.25, 0.3) is 5.91 Å². The first-order valence-electron chi connectivity index (χ1n) is 9.47. The quantitative estimate of drug-likeness (QED) is 0.803. The van der Waals surface area contributed by atoms with Gasteiger partial charge in [-0.2, -0.15) is 0 Å². The van der Waals surface area contributed by atoms with Crippen molar-refractivity contribution in [1.82, 2.24) is 10.2 Å². The Morgan fingerprint density at radius 2 is 1.68 bits per heavy atom. The van der Waals surface area contributed by atoms with Gasteiger partial charge in [-0.3, -0.25) is 9.69 Å². The van der Waals surface area contributed by atoms with Crippen molar-refractivity contribution < 1.29 is 19.4 Å². The van der Waals surface area contributed by atoms with Crippen molar-refractivity contribution in [2.24, 2.45) is 0 Å². The van der Waals surface area contributed by atoms with E-state index in [1.54, 1.807) is 42.5 Å². The lowest BCUT2D eigenvalue weighted by Gasteiger charge is -2.35. The minimum absolute atomic E-state index is 0.208. The fourth-order valence-corrected chi connectivity index (χ4v) is 3.58. The highest BCUT2D eigenvalue weighted by atomic mass is 16.5. The Morgan fingerprint density at radius 3 is 2.25 bits per heavy atom. The van der Waals surface area contributed by atoms with E-state index in [1.807, 2.05) is 12.1 Å². The van der Waals surface area contributed by atoms with Crippen LogP contribution in [0.15, 0.2) is 54.6 Å². The summed E-state index contributed by atoms with van der Waals surface area (Å²) in [5.41, 5.74) is 2.08. The van der Waals surface area contributed by atoms with Gasteiger partial charge in [0.2, 0.25) is 0 Å². The van der Waals surface area contributed by atoms with E-state index in [-0.39, 0.29) is 12.2 Å². The highest BCUT2D eigenvalue weighted by Gasteiger charge is 2.23. The summed E-state index contributed by atoms with van der Waals surface area (Å²) in [5, 5.41) is 12.1. The second kappa shape index (κ2) is 8.99. The Hall–Kier alpha value is -2.70. The molecule has 0 radical (unpaired) electrons. The van der Waals surface area contributed by atoms with Gasteiger partial charge in [-0.05, 0) is 37.1 Å². The van der Waals surface area contributed by atoms with E-state index >= 15 is 0 Å². The van der Waals surface area contributed by atoms with Gasteiger partial charge in [0.05, 0.1) is 12.2 Å². The standard InChI is InChI=1S/C22H26N2O4/c1-15-12-24(13-16(2)28-15)14-17-8-10-19(11-9-17)21(25)23-20(22(26)27)18-6-4-3-5-7-18/h3-11,15-16,20H,12-14H2,1-2H3,(H,23,25)(H,26,27)/t15-,16-,20-/m1/s1. The monoisotopic (exact) mass is 382 g/mol. The molecule has 1 amide bonds. The van der Waals surface area contributed by atoms with Crippen LogP contribution in [-0.4, -0.2) is 47.2 Å². The number of benzene rings is 2. The zero-order valence-electron chi connectivity index (χ0n) is 16.2. The summed E-state index contributed by atoms with van der Waals surface area (Å²) in [6.45, 7) is 6.69. The van der Waals surface area contributed by atoms with E-state index in [2.05, 4.69) is 24.1 Å². The lowest BCUT2D eigenvalue weighted by molar-refractivity contribution is -0.139. The maximum atomic E-state index is 12.5. The molecule has 3 atom stereocenters. The van der Waals surface area contributed by atoms with Crippen molar-refractivity contribution in [3.8, 4) is 0 Å². The van der Waals surface area contributed by atoms with E-state index in [0.717, 1.165) is 25.2 Å². The molecule has 6 heteroatoms. The lowest BCUT2D eigenvalue weighted by atomic mass is 10.1. The molecule has 1 aliphatic rings. The molecule has 1 fully saturated rings. The lowest BCUT2D eigenvalue weighted by Crippen LogP contribution is -2.44. The van der Waals surface area contributed by atoms with Gasteiger partial charge in [0, 0.05) is 25.2 Å². The molecule has 0 aliphatic carbocycles. The molecule has 2 aromatic carbocycles. The molecule has 2 aromatic rings. The first-order valence-corrected chi connectivity index (χ1v) is 9.47. The van der Waals surface area contributed by atoms with E-state index < -0.39 is 17.9 Å². The van der Waals surface area contributed by atoms with Crippen molar-refractivity contribution in [1.29, 1.82) is 0 Å². The molecule has 0 spiro atoms. The normalized spacial score (nSPS) is 21.1. The summed E-state index contributed by atoms with van der Waals surface area (Å²) >= 11 is 0. The van der Waals surface area contributed by atoms with E-state index in [4.69, 9.17) is 4.74 Å². The maximum absolute atomic E-state index is 12.5. The highest BCUT2D eigenvalue weighted by Crippen LogP contribution is 2.16. The van der Waals surface area contributed by atoms with Crippen LogP contribution in [0.5, 0.6) is 0 Å². The number of carboxylic acids is 1. The number of carbonyl (C=O) groups excluding carboxylic acids is 1. The average Bonchev–Trinajstić information content (AvgIpc) is 2.66. The number of aliphatic carboxylic acids is 1. The van der Waals surface area contributed by atoms with E-state index in [1.165, 1.54) is 0 Å². The molecule has 3 rings (SSSR count). The van der Waals surface area contributed by atoms with Crippen LogP contribution < -0.4 is 5.32 Å².